The summed E-state index contributed by atoms with van der Waals surface area (Å²) in [4.78, 5) is 1.22. The molecule has 5 radical (unpaired) electrons. The lowest BCUT2D eigenvalue weighted by Gasteiger charge is -2.31. The third kappa shape index (κ3) is 3.41. The van der Waals surface area contributed by atoms with Crippen LogP contribution >= 0.6 is 23.9 Å². The normalized spacial score (nSPS) is 18.2. The van der Waals surface area contributed by atoms with E-state index in [0.29, 0.717) is 5.66 Å². The molecule has 1 saturated carbocycles. The Bertz CT molecular complexity index is 515. The molecule has 21 heavy (non-hydrogen) atoms. The molecule has 3 rings (SSSR count). The van der Waals surface area contributed by atoms with E-state index in [-0.39, 0.29) is 0 Å². The van der Waals surface area contributed by atoms with E-state index < -0.39 is 7.92 Å². The lowest BCUT2D eigenvalue weighted by Crippen LogP contribution is -2.25. The summed E-state index contributed by atoms with van der Waals surface area (Å²) in [7, 11) is -0.409. The van der Waals surface area contributed by atoms with Crippen molar-refractivity contribution < 1.29 is 0 Å². The molecule has 0 aliphatic heterocycles. The van der Waals surface area contributed by atoms with Crippen molar-refractivity contribution in [3.05, 3.63) is 90.7 Å². The predicted molar refractivity (Wildman–Crippen MR) is 96.8 cm³/mol. The van der Waals surface area contributed by atoms with E-state index in [0.717, 1.165) is 0 Å². The molecule has 1 aliphatic rings. The number of rotatable bonds is 4. The Morgan fingerprint density at radius 1 is 0.810 bits per heavy atom. The monoisotopic (exact) mass is 355 g/mol. The molecule has 2 heteroatoms. The van der Waals surface area contributed by atoms with Crippen LogP contribution in [0.2, 0.25) is 0 Å². The predicted octanol–water partition coefficient (Wildman–Crippen LogP) is 4.64. The van der Waals surface area contributed by atoms with Crippen molar-refractivity contribution in [1.82, 2.24) is 0 Å². The van der Waals surface area contributed by atoms with Gasteiger partial charge in [-0.05, 0) is 43.5 Å². The quantitative estimate of drug-likeness (QED) is 0.701. The van der Waals surface area contributed by atoms with E-state index >= 15 is 0 Å². The van der Waals surface area contributed by atoms with Crippen molar-refractivity contribution in [1.29, 1.82) is 0 Å². The smallest absolute Gasteiger partial charge is 0.0525 e. The van der Waals surface area contributed by atoms with E-state index in [1.54, 1.807) is 0 Å². The molecule has 1 fully saturated rings. The van der Waals surface area contributed by atoms with Gasteiger partial charge in [0, 0.05) is 5.92 Å². The van der Waals surface area contributed by atoms with Crippen LogP contribution in [0.25, 0.3) is 0 Å². The average Bonchev–Trinajstić information content (AvgIpc) is 2.96. The maximum atomic E-state index is 3.69. The molecule has 0 spiro atoms. The lowest BCUT2D eigenvalue weighted by atomic mass is 10.1. The molecule has 105 valence electrons. The van der Waals surface area contributed by atoms with Gasteiger partial charge in [-0.1, -0.05) is 83.5 Å². The van der Waals surface area contributed by atoms with Crippen LogP contribution in [0.15, 0.2) is 60.7 Å². The Labute approximate surface area is 137 Å². The second kappa shape index (κ2) is 7.07. The first-order valence-electron chi connectivity index (χ1n) is 7.08. The van der Waals surface area contributed by atoms with Crippen LogP contribution in [0.5, 0.6) is 0 Å². The standard InChI is InChI=1S/C19H17BrP/c1-15(18-13-8-14-19(18)20)21(16-9-4-2-5-10-16)17-11-6-3-7-12-17/h2-15H,1H3/t15-/m0/s1. The fourth-order valence-electron chi connectivity index (χ4n) is 2.66. The average molecular weight is 356 g/mol. The van der Waals surface area contributed by atoms with Crippen LogP contribution in [0.3, 0.4) is 0 Å². The first-order chi connectivity index (χ1) is 10.3. The molecule has 1 atom stereocenters. The highest BCUT2D eigenvalue weighted by atomic mass is 79.9. The van der Waals surface area contributed by atoms with Crippen molar-refractivity contribution in [2.24, 2.45) is 0 Å². The molecule has 0 nitrogen and oxygen atoms in total. The third-order valence-corrected chi connectivity index (χ3v) is 7.18. The summed E-state index contributed by atoms with van der Waals surface area (Å²) in [5.74, 6) is 1.40. The number of benzene rings is 2. The van der Waals surface area contributed by atoms with Crippen LogP contribution in [0, 0.1) is 30.0 Å². The summed E-state index contributed by atoms with van der Waals surface area (Å²) in [6, 6.07) is 21.8. The molecular formula is C19H17BrP. The van der Waals surface area contributed by atoms with Gasteiger partial charge in [0.2, 0.25) is 0 Å². The van der Waals surface area contributed by atoms with Gasteiger partial charge in [0.05, 0.1) is 4.83 Å². The number of hydrogen-bond acceptors (Lipinski definition) is 0. The fraction of sp³-hybridized carbons (Fsp3) is 0.105. The van der Waals surface area contributed by atoms with Gasteiger partial charge in [-0.25, -0.2) is 0 Å². The molecular weight excluding hydrogens is 339 g/mol. The minimum Gasteiger partial charge on any atom is -0.0828 e. The van der Waals surface area contributed by atoms with E-state index in [1.165, 1.54) is 21.4 Å². The summed E-state index contributed by atoms with van der Waals surface area (Å²) < 4.78 is 0. The second-order valence-electron chi connectivity index (χ2n) is 5.05. The van der Waals surface area contributed by atoms with E-state index in [9.17, 15) is 0 Å². The van der Waals surface area contributed by atoms with Gasteiger partial charge in [-0.2, -0.15) is 0 Å². The van der Waals surface area contributed by atoms with Crippen molar-refractivity contribution in [3.8, 4) is 0 Å². The Morgan fingerprint density at radius 3 is 1.76 bits per heavy atom. The molecule has 2 aromatic carbocycles. The van der Waals surface area contributed by atoms with Gasteiger partial charge in [-0.3, -0.25) is 0 Å². The van der Waals surface area contributed by atoms with E-state index in [2.05, 4.69) is 103 Å². The van der Waals surface area contributed by atoms with Gasteiger partial charge in [-0.15, -0.1) is 0 Å². The van der Waals surface area contributed by atoms with Crippen LogP contribution in [0.4, 0.5) is 0 Å². The first-order valence-corrected chi connectivity index (χ1v) is 9.28. The summed E-state index contributed by atoms with van der Waals surface area (Å²) >= 11 is 3.69. The zero-order chi connectivity index (χ0) is 14.7. The summed E-state index contributed by atoms with van der Waals surface area (Å²) in [5, 5.41) is 2.86. The molecule has 0 amide bonds. The van der Waals surface area contributed by atoms with Gasteiger partial charge in [0.1, 0.15) is 0 Å². The van der Waals surface area contributed by atoms with Crippen molar-refractivity contribution >= 4 is 34.5 Å². The Kier molecular flexibility index (Phi) is 5.14. The van der Waals surface area contributed by atoms with Crippen molar-refractivity contribution in [3.63, 3.8) is 0 Å². The van der Waals surface area contributed by atoms with Crippen LogP contribution in [-0.2, 0) is 0 Å². The summed E-state index contributed by atoms with van der Waals surface area (Å²) in [6.07, 6.45) is 6.49. The Hall–Kier alpha value is -0.650. The zero-order valence-corrected chi connectivity index (χ0v) is 14.4. The zero-order valence-electron chi connectivity index (χ0n) is 11.9. The molecule has 2 aromatic rings. The fourth-order valence-corrected chi connectivity index (χ4v) is 6.15. The van der Waals surface area contributed by atoms with Crippen LogP contribution in [0.1, 0.15) is 6.92 Å². The minimum absolute atomic E-state index is 0.409. The van der Waals surface area contributed by atoms with Crippen molar-refractivity contribution in [2.45, 2.75) is 12.6 Å². The molecule has 0 bridgehead atoms. The molecule has 0 aromatic heterocycles. The van der Waals surface area contributed by atoms with Gasteiger partial charge < -0.3 is 0 Å². The summed E-state index contributed by atoms with van der Waals surface area (Å²) in [6.45, 7) is 2.34. The molecule has 1 aliphatic carbocycles. The molecule has 0 N–H and O–H groups in total. The Balaban J connectivity index is 1.96. The van der Waals surface area contributed by atoms with Crippen molar-refractivity contribution in [2.75, 3.05) is 0 Å². The minimum atomic E-state index is -0.409. The van der Waals surface area contributed by atoms with Crippen LogP contribution < -0.4 is 10.6 Å². The second-order valence-corrected chi connectivity index (χ2v) is 8.45. The van der Waals surface area contributed by atoms with Crippen LogP contribution in [-0.4, -0.2) is 5.66 Å². The first kappa shape index (κ1) is 15.3. The molecule has 0 heterocycles. The lowest BCUT2D eigenvalue weighted by molar-refractivity contribution is 1.01. The van der Waals surface area contributed by atoms with Gasteiger partial charge in [0.25, 0.3) is 0 Å². The van der Waals surface area contributed by atoms with Gasteiger partial charge in [0.15, 0.2) is 0 Å². The molecule has 0 unspecified atom stereocenters. The number of hydrogen-bond donors (Lipinski definition) is 0. The maximum Gasteiger partial charge on any atom is 0.0525 e. The Morgan fingerprint density at radius 2 is 1.33 bits per heavy atom. The highest BCUT2D eigenvalue weighted by Gasteiger charge is 2.36. The maximum absolute atomic E-state index is 3.69. The highest BCUT2D eigenvalue weighted by molar-refractivity contribution is 9.11. The van der Waals surface area contributed by atoms with Gasteiger partial charge >= 0.3 is 0 Å². The topological polar surface area (TPSA) is 0 Å². The molecule has 0 saturated heterocycles. The third-order valence-electron chi connectivity index (χ3n) is 3.70. The van der Waals surface area contributed by atoms with E-state index in [1.807, 2.05) is 0 Å². The summed E-state index contributed by atoms with van der Waals surface area (Å²) in [5.41, 5.74) is 0.481. The largest absolute Gasteiger partial charge is 0.0828 e. The highest BCUT2D eigenvalue weighted by Crippen LogP contribution is 2.51. The number of halogens is 1. The van der Waals surface area contributed by atoms with E-state index in [4.69, 9.17) is 0 Å². The SMILES string of the molecule is C[C@@H]([C]1[CH][CH][CH][C]1Br)P(c1ccccc1)c1ccccc1.